The summed E-state index contributed by atoms with van der Waals surface area (Å²) in [5.74, 6) is 0. The van der Waals surface area contributed by atoms with Gasteiger partial charge in [-0.15, -0.1) is 0 Å². The van der Waals surface area contributed by atoms with E-state index in [0.717, 1.165) is 17.1 Å². The van der Waals surface area contributed by atoms with Crippen LogP contribution in [-0.4, -0.2) is 9.91 Å². The van der Waals surface area contributed by atoms with Crippen LogP contribution in [-0.2, 0) is 0 Å². The van der Waals surface area contributed by atoms with Crippen molar-refractivity contribution in [1.82, 2.24) is 4.98 Å². The highest BCUT2D eigenvalue weighted by atomic mass is 35.5. The summed E-state index contributed by atoms with van der Waals surface area (Å²) in [7, 11) is 0. The topological polar surface area (TPSA) is 56.0 Å². The number of aryl methyl sites for hydroxylation is 1. The minimum Gasteiger partial charge on any atom is -0.259 e. The molecule has 4 nitrogen and oxygen atoms in total. The van der Waals surface area contributed by atoms with Crippen LogP contribution in [0.1, 0.15) is 11.1 Å². The van der Waals surface area contributed by atoms with Gasteiger partial charge < -0.3 is 0 Å². The molecule has 0 radical (unpaired) electrons. The highest BCUT2D eigenvalue weighted by molar-refractivity contribution is 6.33. The maximum absolute atomic E-state index is 10.3. The lowest BCUT2D eigenvalue weighted by Gasteiger charge is -2.05. The summed E-state index contributed by atoms with van der Waals surface area (Å²) in [6, 6.07) is 5.31. The van der Waals surface area contributed by atoms with E-state index in [-0.39, 0.29) is 5.15 Å². The van der Waals surface area contributed by atoms with Crippen LogP contribution < -0.4 is 0 Å². The average Bonchev–Trinajstić information content (AvgIpc) is 2.32. The maximum Gasteiger partial charge on any atom is 0.235 e. The largest absolute Gasteiger partial charge is 0.259 e. The van der Waals surface area contributed by atoms with Crippen LogP contribution in [0.2, 0.25) is 10.2 Å². The quantitative estimate of drug-likeness (QED) is 0.473. The molecule has 0 saturated carbocycles. The predicted molar refractivity (Wildman–Crippen MR) is 72.5 cm³/mol. The predicted octanol–water partition coefficient (Wildman–Crippen LogP) is 4.10. The zero-order valence-electron chi connectivity index (χ0n) is 9.35. The SMILES string of the molecule is Cc1c(Cl)ccc2cc(C=C[N+](=O)[O-])c(Cl)nc12. The van der Waals surface area contributed by atoms with Crippen LogP contribution in [0.3, 0.4) is 0 Å². The molecular weight excluding hydrogens is 275 g/mol. The summed E-state index contributed by atoms with van der Waals surface area (Å²) in [6.07, 6.45) is 2.15. The van der Waals surface area contributed by atoms with Crippen molar-refractivity contribution in [3.05, 3.63) is 55.8 Å². The number of rotatable bonds is 2. The van der Waals surface area contributed by atoms with Crippen LogP contribution in [0, 0.1) is 17.0 Å². The molecule has 0 saturated heterocycles. The lowest BCUT2D eigenvalue weighted by Crippen LogP contribution is -1.89. The van der Waals surface area contributed by atoms with Gasteiger partial charge in [-0.1, -0.05) is 29.3 Å². The first-order valence-corrected chi connectivity index (χ1v) is 5.81. The molecule has 1 heterocycles. The zero-order chi connectivity index (χ0) is 13.3. The van der Waals surface area contributed by atoms with E-state index in [1.54, 1.807) is 18.2 Å². The number of halogens is 2. The number of pyridine rings is 1. The van der Waals surface area contributed by atoms with Crippen LogP contribution in [0.5, 0.6) is 0 Å². The Morgan fingerprint density at radius 1 is 1.39 bits per heavy atom. The normalized spacial score (nSPS) is 11.3. The second-order valence-electron chi connectivity index (χ2n) is 3.71. The van der Waals surface area contributed by atoms with Gasteiger partial charge in [-0.3, -0.25) is 10.1 Å². The zero-order valence-corrected chi connectivity index (χ0v) is 10.9. The summed E-state index contributed by atoms with van der Waals surface area (Å²) < 4.78 is 0. The number of benzene rings is 1. The van der Waals surface area contributed by atoms with Gasteiger partial charge >= 0.3 is 0 Å². The molecule has 0 fully saturated rings. The van der Waals surface area contributed by atoms with Gasteiger partial charge in [0.2, 0.25) is 6.20 Å². The fraction of sp³-hybridized carbons (Fsp3) is 0.0833. The van der Waals surface area contributed by atoms with E-state index in [1.165, 1.54) is 6.08 Å². The number of nitro groups is 1. The number of hydrogen-bond acceptors (Lipinski definition) is 3. The molecule has 0 bridgehead atoms. The molecule has 0 amide bonds. The van der Waals surface area contributed by atoms with Gasteiger partial charge in [0.25, 0.3) is 0 Å². The van der Waals surface area contributed by atoms with Crippen molar-refractivity contribution in [3.63, 3.8) is 0 Å². The molecule has 6 heteroatoms. The molecule has 0 aliphatic carbocycles. The third kappa shape index (κ3) is 2.44. The van der Waals surface area contributed by atoms with Gasteiger partial charge in [0.05, 0.1) is 10.4 Å². The first kappa shape index (κ1) is 12.8. The third-order valence-electron chi connectivity index (χ3n) is 2.53. The summed E-state index contributed by atoms with van der Waals surface area (Å²) in [6.45, 7) is 1.85. The second-order valence-corrected chi connectivity index (χ2v) is 4.48. The van der Waals surface area contributed by atoms with Gasteiger partial charge in [0, 0.05) is 22.0 Å². The molecular formula is C12H8Cl2N2O2. The fourth-order valence-electron chi connectivity index (χ4n) is 1.61. The molecule has 0 unspecified atom stereocenters. The van der Waals surface area contributed by atoms with Gasteiger partial charge in [-0.05, 0) is 24.6 Å². The Kier molecular flexibility index (Phi) is 3.50. The third-order valence-corrected chi connectivity index (χ3v) is 3.24. The second kappa shape index (κ2) is 4.92. The Labute approximate surface area is 113 Å². The Morgan fingerprint density at radius 2 is 2.11 bits per heavy atom. The number of fused-ring (bicyclic) bond motifs is 1. The van der Waals surface area contributed by atoms with Crippen LogP contribution in [0.25, 0.3) is 17.0 Å². The monoisotopic (exact) mass is 282 g/mol. The van der Waals surface area contributed by atoms with E-state index >= 15 is 0 Å². The van der Waals surface area contributed by atoms with Crippen LogP contribution >= 0.6 is 23.2 Å². The molecule has 0 aliphatic rings. The smallest absolute Gasteiger partial charge is 0.235 e. The molecule has 0 aliphatic heterocycles. The minimum atomic E-state index is -0.548. The molecule has 92 valence electrons. The lowest BCUT2D eigenvalue weighted by molar-refractivity contribution is -0.400. The first-order valence-electron chi connectivity index (χ1n) is 5.06. The highest BCUT2D eigenvalue weighted by Gasteiger charge is 2.07. The molecule has 2 aromatic rings. The van der Waals surface area contributed by atoms with Gasteiger partial charge in [0.15, 0.2) is 0 Å². The van der Waals surface area contributed by atoms with Gasteiger partial charge in [-0.2, -0.15) is 0 Å². The average molecular weight is 283 g/mol. The van der Waals surface area contributed by atoms with Crippen molar-refractivity contribution >= 4 is 40.2 Å². The minimum absolute atomic E-state index is 0.214. The fourth-order valence-corrected chi connectivity index (χ4v) is 1.96. The van der Waals surface area contributed by atoms with E-state index in [4.69, 9.17) is 23.2 Å². The van der Waals surface area contributed by atoms with Gasteiger partial charge in [-0.25, -0.2) is 4.98 Å². The molecule has 0 atom stereocenters. The van der Waals surface area contributed by atoms with E-state index in [2.05, 4.69) is 4.98 Å². The van der Waals surface area contributed by atoms with Crippen molar-refractivity contribution in [1.29, 1.82) is 0 Å². The van der Waals surface area contributed by atoms with Crippen molar-refractivity contribution in [2.45, 2.75) is 6.92 Å². The summed E-state index contributed by atoms with van der Waals surface area (Å²) in [5.41, 5.74) is 2.04. The Hall–Kier alpha value is -1.65. The van der Waals surface area contributed by atoms with Crippen molar-refractivity contribution in [2.24, 2.45) is 0 Å². The lowest BCUT2D eigenvalue weighted by atomic mass is 10.1. The van der Waals surface area contributed by atoms with E-state index in [0.29, 0.717) is 16.1 Å². The Balaban J connectivity index is 2.63. The highest BCUT2D eigenvalue weighted by Crippen LogP contribution is 2.27. The number of aromatic nitrogens is 1. The first-order chi connectivity index (χ1) is 8.49. The van der Waals surface area contributed by atoms with Crippen LogP contribution in [0.4, 0.5) is 0 Å². The summed E-state index contributed by atoms with van der Waals surface area (Å²) in [4.78, 5) is 14.0. The van der Waals surface area contributed by atoms with Crippen molar-refractivity contribution in [2.75, 3.05) is 0 Å². The van der Waals surface area contributed by atoms with E-state index in [9.17, 15) is 10.1 Å². The molecule has 0 N–H and O–H groups in total. The number of nitrogens with zero attached hydrogens (tertiary/aromatic N) is 2. The molecule has 1 aromatic carbocycles. The maximum atomic E-state index is 10.3. The van der Waals surface area contributed by atoms with E-state index < -0.39 is 4.92 Å². The van der Waals surface area contributed by atoms with E-state index in [1.807, 2.05) is 6.92 Å². The molecule has 1 aromatic heterocycles. The number of hydrogen-bond donors (Lipinski definition) is 0. The van der Waals surface area contributed by atoms with Crippen LogP contribution in [0.15, 0.2) is 24.4 Å². The standard InChI is InChI=1S/C12H8Cl2N2O2/c1-7-10(13)3-2-8-6-9(4-5-16(17)18)12(14)15-11(7)8/h2-6H,1H3. The molecule has 0 spiro atoms. The molecule has 18 heavy (non-hydrogen) atoms. The van der Waals surface area contributed by atoms with Crippen molar-refractivity contribution < 1.29 is 4.92 Å². The summed E-state index contributed by atoms with van der Waals surface area (Å²) >= 11 is 12.0. The molecule has 2 rings (SSSR count). The van der Waals surface area contributed by atoms with Crippen molar-refractivity contribution in [3.8, 4) is 0 Å². The Morgan fingerprint density at radius 3 is 2.78 bits per heavy atom. The van der Waals surface area contributed by atoms with Gasteiger partial charge in [0.1, 0.15) is 5.15 Å². The summed E-state index contributed by atoms with van der Waals surface area (Å²) in [5, 5.41) is 11.9. The Bertz CT molecular complexity index is 669.